The Balaban J connectivity index is 0.00000138. The van der Waals surface area contributed by atoms with E-state index in [0.717, 1.165) is 57.2 Å². The van der Waals surface area contributed by atoms with Crippen LogP contribution in [-0.4, -0.2) is 120 Å². The molecule has 3 aliphatic heterocycles. The van der Waals surface area contributed by atoms with E-state index in [1.807, 2.05) is 9.80 Å². The molecule has 1 amide bonds. The molecule has 2 saturated carbocycles. The standard InChI is InChI=1S/C39H40F2N6O5.CH2O2/c1-4-27-29(40)8-5-21-12-26(48)13-28(31(21)27)34-33(41)35-32(37(42-34)51-3)36(46-16-24-6-7-25(17-46)47(24)30(49)18-50-2)44-38(43-35)52-20-39(9-10-39)19-45-14-22-11-23(22)15-45;2-1-3/h1,5,8,12-13,22-25,48H,6-7,9-11,14-20H2,2-3H3;1H,(H,2,3). The van der Waals surface area contributed by atoms with Crippen molar-refractivity contribution in [2.75, 3.05) is 65.1 Å². The van der Waals surface area contributed by atoms with Crippen LogP contribution < -0.4 is 14.4 Å². The van der Waals surface area contributed by atoms with Gasteiger partial charge in [0.2, 0.25) is 11.8 Å². The van der Waals surface area contributed by atoms with E-state index < -0.39 is 11.6 Å². The number of piperazine rings is 1. The lowest BCUT2D eigenvalue weighted by Crippen LogP contribution is -2.57. The summed E-state index contributed by atoms with van der Waals surface area (Å²) in [6.07, 6.45) is 10.8. The summed E-state index contributed by atoms with van der Waals surface area (Å²) >= 11 is 0. The van der Waals surface area contributed by atoms with Crippen molar-refractivity contribution in [1.29, 1.82) is 0 Å². The summed E-state index contributed by atoms with van der Waals surface area (Å²) in [4.78, 5) is 42.0. The number of aromatic hydroxyl groups is 1. The van der Waals surface area contributed by atoms with Gasteiger partial charge in [0, 0.05) is 68.3 Å². The van der Waals surface area contributed by atoms with Crippen molar-refractivity contribution in [2.45, 2.75) is 44.2 Å². The van der Waals surface area contributed by atoms with Crippen molar-refractivity contribution in [1.82, 2.24) is 24.8 Å². The van der Waals surface area contributed by atoms with Crippen LogP contribution in [0, 0.1) is 41.2 Å². The topological polar surface area (TPSA) is 151 Å². The number of methoxy groups -OCH3 is 2. The van der Waals surface area contributed by atoms with Crippen molar-refractivity contribution < 1.29 is 42.8 Å². The summed E-state index contributed by atoms with van der Waals surface area (Å²) in [5, 5.41) is 18.5. The van der Waals surface area contributed by atoms with Gasteiger partial charge in [-0.2, -0.15) is 9.97 Å². The molecule has 4 unspecified atom stereocenters. The largest absolute Gasteiger partial charge is 0.508 e. The number of fused-ring (bicyclic) bond motifs is 5. The monoisotopic (exact) mass is 756 g/mol. The molecule has 55 heavy (non-hydrogen) atoms. The lowest BCUT2D eigenvalue weighted by Gasteiger charge is -2.41. The molecule has 5 heterocycles. The predicted octanol–water partition coefficient (Wildman–Crippen LogP) is 4.46. The Morgan fingerprint density at radius 2 is 1.76 bits per heavy atom. The summed E-state index contributed by atoms with van der Waals surface area (Å²) in [5.41, 5.74) is -0.304. The van der Waals surface area contributed by atoms with Gasteiger partial charge in [-0.15, -0.1) is 6.42 Å². The second-order valence-corrected chi connectivity index (χ2v) is 15.4. The average Bonchev–Trinajstić information content (AvgIpc) is 4.05. The Morgan fingerprint density at radius 3 is 2.40 bits per heavy atom. The smallest absolute Gasteiger partial charge is 0.319 e. The molecule has 2 aromatic heterocycles. The summed E-state index contributed by atoms with van der Waals surface area (Å²) in [7, 11) is 2.93. The number of phenols is 1. The zero-order valence-electron chi connectivity index (χ0n) is 30.6. The lowest BCUT2D eigenvalue weighted by atomic mass is 9.95. The second kappa shape index (κ2) is 14.4. The van der Waals surface area contributed by atoms with Crippen LogP contribution >= 0.6 is 0 Å². The number of pyridine rings is 1. The van der Waals surface area contributed by atoms with Gasteiger partial charge < -0.3 is 39.1 Å². The Hall–Kier alpha value is -5.33. The third-order valence-electron chi connectivity index (χ3n) is 11.8. The number of likely N-dealkylation sites (tertiary alicyclic amines) is 1. The van der Waals surface area contributed by atoms with E-state index in [0.29, 0.717) is 30.9 Å². The van der Waals surface area contributed by atoms with Gasteiger partial charge in [-0.05, 0) is 67.5 Å². The number of anilines is 1. The van der Waals surface area contributed by atoms with Crippen LogP contribution in [0.1, 0.15) is 37.7 Å². The highest BCUT2D eigenvalue weighted by Gasteiger charge is 2.51. The molecule has 15 heteroatoms. The first-order valence-corrected chi connectivity index (χ1v) is 18.5. The summed E-state index contributed by atoms with van der Waals surface area (Å²) in [5.74, 6) is 2.77. The van der Waals surface area contributed by atoms with Crippen LogP contribution in [0.5, 0.6) is 17.6 Å². The second-order valence-electron chi connectivity index (χ2n) is 15.4. The normalized spacial score (nSPS) is 23.2. The average molecular weight is 757 g/mol. The van der Waals surface area contributed by atoms with Crippen molar-refractivity contribution in [3.8, 4) is 41.2 Å². The number of hydrogen-bond acceptors (Lipinski definition) is 11. The molecule has 13 nitrogen and oxygen atoms in total. The molecule has 5 fully saturated rings. The fourth-order valence-corrected chi connectivity index (χ4v) is 9.00. The molecule has 9 rings (SSSR count). The zero-order chi connectivity index (χ0) is 38.6. The maximum Gasteiger partial charge on any atom is 0.319 e. The van der Waals surface area contributed by atoms with Gasteiger partial charge in [0.05, 0.1) is 19.3 Å². The third kappa shape index (κ3) is 6.71. The first-order valence-electron chi connectivity index (χ1n) is 18.5. The molecule has 2 aromatic carbocycles. The molecule has 288 valence electrons. The minimum Gasteiger partial charge on any atom is -0.508 e. The van der Waals surface area contributed by atoms with E-state index in [4.69, 9.17) is 35.5 Å². The van der Waals surface area contributed by atoms with Gasteiger partial charge in [-0.3, -0.25) is 9.59 Å². The number of aromatic nitrogens is 3. The number of amides is 1. The molecule has 2 N–H and O–H groups in total. The van der Waals surface area contributed by atoms with E-state index in [9.17, 15) is 9.90 Å². The number of terminal acetylenes is 1. The maximum absolute atomic E-state index is 17.2. The molecule has 4 atom stereocenters. The number of halogens is 2. The van der Waals surface area contributed by atoms with Crippen molar-refractivity contribution in [2.24, 2.45) is 17.3 Å². The van der Waals surface area contributed by atoms with Gasteiger partial charge >= 0.3 is 6.01 Å². The highest BCUT2D eigenvalue weighted by atomic mass is 19.1. The highest BCUT2D eigenvalue weighted by molar-refractivity contribution is 6.04. The molecule has 5 aliphatic rings. The van der Waals surface area contributed by atoms with Crippen molar-refractivity contribution >= 4 is 39.9 Å². The van der Waals surface area contributed by atoms with Crippen LogP contribution in [0.25, 0.3) is 32.9 Å². The molecule has 0 radical (unpaired) electrons. The van der Waals surface area contributed by atoms with Gasteiger partial charge in [0.1, 0.15) is 40.6 Å². The predicted molar refractivity (Wildman–Crippen MR) is 198 cm³/mol. The number of benzene rings is 2. The summed E-state index contributed by atoms with van der Waals surface area (Å²) < 4.78 is 49.6. The highest BCUT2D eigenvalue weighted by Crippen LogP contribution is 2.51. The molecule has 3 saturated heterocycles. The van der Waals surface area contributed by atoms with Crippen LogP contribution in [0.15, 0.2) is 24.3 Å². The number of carboxylic acid groups (broad SMARTS) is 1. The Morgan fingerprint density at radius 1 is 1.05 bits per heavy atom. The fraction of sp³-hybridized carbons (Fsp3) is 0.475. The molecule has 2 bridgehead atoms. The van der Waals surface area contributed by atoms with Gasteiger partial charge in [-0.1, -0.05) is 12.0 Å². The van der Waals surface area contributed by atoms with Gasteiger partial charge in [0.25, 0.3) is 6.47 Å². The summed E-state index contributed by atoms with van der Waals surface area (Å²) in [6, 6.07) is 5.28. The first-order chi connectivity index (χ1) is 26.6. The van der Waals surface area contributed by atoms with Crippen LogP contribution in [0.2, 0.25) is 0 Å². The van der Waals surface area contributed by atoms with E-state index in [-0.39, 0.29) is 87.2 Å². The van der Waals surface area contributed by atoms with E-state index in [1.54, 1.807) is 0 Å². The molecule has 2 aliphatic carbocycles. The number of carbonyl (C=O) groups excluding carboxylic acids is 1. The number of ether oxygens (including phenoxy) is 3. The Labute approximate surface area is 316 Å². The van der Waals surface area contributed by atoms with E-state index in [2.05, 4.69) is 20.8 Å². The molecule has 0 spiro atoms. The van der Waals surface area contributed by atoms with E-state index in [1.165, 1.54) is 44.9 Å². The quantitative estimate of drug-likeness (QED) is 0.174. The zero-order valence-corrected chi connectivity index (χ0v) is 30.6. The van der Waals surface area contributed by atoms with Gasteiger partial charge in [0.15, 0.2) is 5.82 Å². The van der Waals surface area contributed by atoms with Gasteiger partial charge in [-0.25, -0.2) is 13.8 Å². The minimum atomic E-state index is -0.822. The van der Waals surface area contributed by atoms with E-state index >= 15 is 8.78 Å². The van der Waals surface area contributed by atoms with Crippen molar-refractivity contribution in [3.63, 3.8) is 0 Å². The lowest BCUT2D eigenvalue weighted by molar-refractivity contribution is -0.138. The number of nitrogens with zero attached hydrogens (tertiary/aromatic N) is 6. The number of rotatable bonds is 10. The Bertz CT molecular complexity index is 2200. The van der Waals surface area contributed by atoms with Crippen molar-refractivity contribution in [3.05, 3.63) is 41.5 Å². The SMILES string of the molecule is C#Cc1c(F)ccc2cc(O)cc(-c3nc(OC)c4c(N5CC6CCC(C5)N6C(=O)COC)nc(OCC5(CN6CC7CC7C6)CC5)nc4c3F)c12.O=CO. The van der Waals surface area contributed by atoms with Crippen LogP contribution in [-0.2, 0) is 14.3 Å². The fourth-order valence-electron chi connectivity index (χ4n) is 9.00. The third-order valence-corrected chi connectivity index (χ3v) is 11.8. The molecular formula is C40H42F2N6O7. The number of carbonyl (C=O) groups is 2. The summed E-state index contributed by atoms with van der Waals surface area (Å²) in [6.45, 7) is 4.28. The minimum absolute atomic E-state index is 0.00246. The first kappa shape index (κ1) is 36.6. The number of phenolic OH excluding ortho intramolecular Hbond substituents is 1. The van der Waals surface area contributed by atoms with Crippen LogP contribution in [0.4, 0.5) is 14.6 Å². The molecular weight excluding hydrogens is 714 g/mol. The maximum atomic E-state index is 17.2. The van der Waals surface area contributed by atoms with Crippen LogP contribution in [0.3, 0.4) is 0 Å². The number of piperidine rings is 1. The Kier molecular flexibility index (Phi) is 9.59. The molecule has 4 aromatic rings. The number of hydrogen-bond donors (Lipinski definition) is 2.